The van der Waals surface area contributed by atoms with E-state index in [4.69, 9.17) is 0 Å². The van der Waals surface area contributed by atoms with Gasteiger partial charge in [0.1, 0.15) is 12.0 Å². The van der Waals surface area contributed by atoms with E-state index >= 15 is 0 Å². The van der Waals surface area contributed by atoms with E-state index in [0.29, 0.717) is 6.54 Å². The molecule has 27 heavy (non-hydrogen) atoms. The van der Waals surface area contributed by atoms with E-state index in [1.54, 1.807) is 28.1 Å². The predicted octanol–water partition coefficient (Wildman–Crippen LogP) is 4.71. The van der Waals surface area contributed by atoms with Crippen LogP contribution in [0.5, 0.6) is 0 Å². The number of hydrogen-bond donors (Lipinski definition) is 0. The number of carbonyl (C=O) groups excluding carboxylic acids is 1. The molecule has 0 radical (unpaired) electrons. The molecule has 0 spiro atoms. The van der Waals surface area contributed by atoms with Gasteiger partial charge >= 0.3 is 6.03 Å². The van der Waals surface area contributed by atoms with Crippen molar-refractivity contribution in [3.05, 3.63) is 47.3 Å². The van der Waals surface area contributed by atoms with E-state index in [-0.39, 0.29) is 23.6 Å². The lowest BCUT2D eigenvalue weighted by molar-refractivity contribution is 0.181. The van der Waals surface area contributed by atoms with Crippen LogP contribution in [-0.2, 0) is 0 Å². The number of carbonyl (C=O) groups is 1. The molecule has 1 aliphatic rings. The van der Waals surface area contributed by atoms with Gasteiger partial charge in [0.05, 0.1) is 5.54 Å². The van der Waals surface area contributed by atoms with Crippen LogP contribution in [-0.4, -0.2) is 47.3 Å². The van der Waals surface area contributed by atoms with Crippen molar-refractivity contribution < 1.29 is 9.18 Å². The van der Waals surface area contributed by atoms with Gasteiger partial charge in [0.2, 0.25) is 0 Å². The summed E-state index contributed by atoms with van der Waals surface area (Å²) < 4.78 is 12.9. The van der Waals surface area contributed by atoms with Gasteiger partial charge in [-0.3, -0.25) is 4.99 Å². The minimum absolute atomic E-state index is 0.0194. The molecule has 1 unspecified atom stereocenters. The molecule has 1 heterocycles. The third-order valence-electron chi connectivity index (χ3n) is 4.38. The average molecular weight is 372 g/mol. The van der Waals surface area contributed by atoms with E-state index in [9.17, 15) is 9.18 Å². The average Bonchev–Trinajstić information content (AvgIpc) is 2.87. The third kappa shape index (κ3) is 5.96. The fourth-order valence-electron chi connectivity index (χ4n) is 2.46. The van der Waals surface area contributed by atoms with Crippen LogP contribution in [0.15, 0.2) is 40.9 Å². The maximum Gasteiger partial charge on any atom is 0.322 e. The molecule has 0 N–H and O–H groups in total. The van der Waals surface area contributed by atoms with Crippen molar-refractivity contribution in [2.24, 2.45) is 4.99 Å². The molecular weight excluding hydrogens is 341 g/mol. The van der Waals surface area contributed by atoms with Gasteiger partial charge in [0.25, 0.3) is 0 Å². The number of urea groups is 1. The van der Waals surface area contributed by atoms with Crippen LogP contribution in [0.3, 0.4) is 0 Å². The lowest BCUT2D eigenvalue weighted by Gasteiger charge is -2.24. The van der Waals surface area contributed by atoms with Crippen LogP contribution in [0.4, 0.5) is 9.18 Å². The standard InChI is InChI=1S/C20H24FN3O.C2H6/c1-6-16(7-8-17-9-11-18(21)12-10-17)13-22-15(2)24-14-20(3,4)23(5)19(24)25;1-2/h6,9-13,15H,14H2,1-5H3;1-2H3/b16-6-,22-13-;. The Morgan fingerprint density at radius 3 is 2.37 bits per heavy atom. The second-order valence-electron chi connectivity index (χ2n) is 6.69. The summed E-state index contributed by atoms with van der Waals surface area (Å²) in [7, 11) is 1.81. The first-order valence-electron chi connectivity index (χ1n) is 9.26. The summed E-state index contributed by atoms with van der Waals surface area (Å²) in [5, 5.41) is 0. The van der Waals surface area contributed by atoms with Crippen molar-refractivity contribution in [1.29, 1.82) is 0 Å². The number of allylic oxidation sites excluding steroid dienone is 2. The number of benzene rings is 1. The highest BCUT2D eigenvalue weighted by atomic mass is 19.1. The topological polar surface area (TPSA) is 35.9 Å². The molecule has 1 aliphatic heterocycles. The molecular formula is C22H30FN3O. The maximum absolute atomic E-state index is 12.9. The quantitative estimate of drug-likeness (QED) is 0.560. The number of hydrogen-bond acceptors (Lipinski definition) is 2. The fourth-order valence-corrected chi connectivity index (χ4v) is 2.46. The zero-order valence-corrected chi connectivity index (χ0v) is 17.4. The highest BCUT2D eigenvalue weighted by Crippen LogP contribution is 2.25. The van der Waals surface area contributed by atoms with Gasteiger partial charge in [0, 0.05) is 30.9 Å². The normalized spacial score (nSPS) is 17.3. The highest BCUT2D eigenvalue weighted by Gasteiger charge is 2.42. The largest absolute Gasteiger partial charge is 0.322 e. The lowest BCUT2D eigenvalue weighted by atomic mass is 10.1. The van der Waals surface area contributed by atoms with Gasteiger partial charge < -0.3 is 9.80 Å². The second-order valence-corrected chi connectivity index (χ2v) is 6.69. The van der Waals surface area contributed by atoms with Gasteiger partial charge in [-0.1, -0.05) is 31.8 Å². The number of rotatable bonds is 3. The molecule has 1 atom stereocenters. The van der Waals surface area contributed by atoms with Crippen LogP contribution in [0.1, 0.15) is 47.1 Å². The minimum Gasteiger partial charge on any atom is -0.321 e. The van der Waals surface area contributed by atoms with Crippen LogP contribution >= 0.6 is 0 Å². The van der Waals surface area contributed by atoms with Crippen molar-refractivity contribution in [2.75, 3.05) is 13.6 Å². The number of likely N-dealkylation sites (N-methyl/N-ethyl adjacent to an activating group) is 1. The number of aliphatic imine (C=N–C) groups is 1. The van der Waals surface area contributed by atoms with Gasteiger partial charge in [-0.25, -0.2) is 9.18 Å². The Hall–Kier alpha value is -2.61. The Labute approximate surface area is 162 Å². The Balaban J connectivity index is 0.00000176. The van der Waals surface area contributed by atoms with Crippen molar-refractivity contribution >= 4 is 12.2 Å². The van der Waals surface area contributed by atoms with Crippen molar-refractivity contribution in [3.63, 3.8) is 0 Å². The van der Waals surface area contributed by atoms with E-state index < -0.39 is 0 Å². The molecule has 2 rings (SSSR count). The Bertz CT molecular complexity index is 754. The molecule has 0 saturated carbocycles. The molecule has 2 amide bonds. The summed E-state index contributed by atoms with van der Waals surface area (Å²) in [6, 6.07) is 6.01. The predicted molar refractivity (Wildman–Crippen MR) is 110 cm³/mol. The summed E-state index contributed by atoms with van der Waals surface area (Å²) in [5.74, 6) is 5.71. The van der Waals surface area contributed by atoms with Gasteiger partial charge in [-0.05, 0) is 52.0 Å². The summed E-state index contributed by atoms with van der Waals surface area (Å²) in [5.41, 5.74) is 1.28. The molecule has 0 aliphatic carbocycles. The Morgan fingerprint density at radius 2 is 1.89 bits per heavy atom. The molecule has 0 bridgehead atoms. The molecule has 1 fully saturated rings. The molecule has 5 heteroatoms. The molecule has 1 saturated heterocycles. The Kier molecular flexibility index (Phi) is 8.24. The second kappa shape index (κ2) is 9.91. The smallest absolute Gasteiger partial charge is 0.321 e. The monoisotopic (exact) mass is 371 g/mol. The summed E-state index contributed by atoms with van der Waals surface area (Å²) in [6.45, 7) is 12.5. The van der Waals surface area contributed by atoms with Gasteiger partial charge in [-0.15, -0.1) is 0 Å². The van der Waals surface area contributed by atoms with Crippen LogP contribution in [0, 0.1) is 17.7 Å². The van der Waals surface area contributed by atoms with E-state index in [1.165, 1.54) is 12.1 Å². The molecule has 146 valence electrons. The van der Waals surface area contributed by atoms with Gasteiger partial charge in [0.15, 0.2) is 0 Å². The van der Waals surface area contributed by atoms with E-state index in [0.717, 1.165) is 11.1 Å². The first-order chi connectivity index (χ1) is 12.7. The fraction of sp³-hybridized carbons (Fsp3) is 0.455. The molecule has 0 aromatic heterocycles. The SMILES string of the molecule is C/C=C(C#Cc1ccc(F)cc1)\C=N/C(C)N1CC(C)(C)N(C)C1=O.CC. The first-order valence-corrected chi connectivity index (χ1v) is 9.26. The molecule has 1 aromatic carbocycles. The third-order valence-corrected chi connectivity index (χ3v) is 4.38. The maximum atomic E-state index is 12.9. The number of amides is 2. The zero-order chi connectivity index (χ0) is 20.6. The highest BCUT2D eigenvalue weighted by molar-refractivity contribution is 5.85. The van der Waals surface area contributed by atoms with Crippen LogP contribution in [0.2, 0.25) is 0 Å². The number of halogens is 1. The van der Waals surface area contributed by atoms with Crippen molar-refractivity contribution in [2.45, 2.75) is 53.2 Å². The minimum atomic E-state index is -0.282. The van der Waals surface area contributed by atoms with Gasteiger partial charge in [-0.2, -0.15) is 0 Å². The van der Waals surface area contributed by atoms with Crippen molar-refractivity contribution in [3.8, 4) is 11.8 Å². The molecule has 4 nitrogen and oxygen atoms in total. The van der Waals surface area contributed by atoms with Crippen molar-refractivity contribution in [1.82, 2.24) is 9.80 Å². The summed E-state index contributed by atoms with van der Waals surface area (Å²) >= 11 is 0. The summed E-state index contributed by atoms with van der Waals surface area (Å²) in [4.78, 5) is 20.3. The van der Waals surface area contributed by atoms with Crippen LogP contribution in [0.25, 0.3) is 0 Å². The summed E-state index contributed by atoms with van der Waals surface area (Å²) in [6.07, 6.45) is 3.27. The first kappa shape index (κ1) is 22.4. The molecule has 1 aromatic rings. The zero-order valence-electron chi connectivity index (χ0n) is 17.4. The Morgan fingerprint density at radius 1 is 1.30 bits per heavy atom. The van der Waals surface area contributed by atoms with Crippen LogP contribution < -0.4 is 0 Å². The van der Waals surface area contributed by atoms with E-state index in [1.807, 2.05) is 54.7 Å². The lowest BCUT2D eigenvalue weighted by Crippen LogP contribution is -2.38. The van der Waals surface area contributed by atoms with E-state index in [2.05, 4.69) is 16.8 Å². The number of nitrogens with zero attached hydrogens (tertiary/aromatic N) is 3.